The van der Waals surface area contributed by atoms with Crippen molar-refractivity contribution in [3.05, 3.63) is 34.4 Å². The van der Waals surface area contributed by atoms with Gasteiger partial charge in [-0.25, -0.2) is 0 Å². The van der Waals surface area contributed by atoms with Crippen LogP contribution in [0, 0.1) is 11.3 Å². The number of carbonyl (C=O) groups excluding carboxylic acids is 1. The van der Waals surface area contributed by atoms with E-state index in [0.29, 0.717) is 19.3 Å². The van der Waals surface area contributed by atoms with Crippen LogP contribution in [0.25, 0.3) is 0 Å². The Hall–Kier alpha value is -1.27. The molecule has 5 nitrogen and oxygen atoms in total. The number of allylic oxidation sites excluding steroid dienone is 5. The number of aliphatic hydroxyl groups is 3. The Bertz CT molecular complexity index is 819. The molecule has 2 rings (SSSR count). The molecule has 1 saturated carbocycles. The minimum absolute atomic E-state index is 0.0577. The van der Waals surface area contributed by atoms with E-state index in [-0.39, 0.29) is 29.6 Å². The molecule has 0 radical (unpaired) electrons. The average molecular weight is 491 g/mol. The number of ether oxygens (including phenoxy) is 1. The van der Waals surface area contributed by atoms with E-state index in [1.807, 2.05) is 27.7 Å². The van der Waals surface area contributed by atoms with Gasteiger partial charge in [0.2, 0.25) is 0 Å². The number of epoxide rings is 1. The Labute approximate surface area is 213 Å². The van der Waals surface area contributed by atoms with Crippen molar-refractivity contribution >= 4 is 6.29 Å². The van der Waals surface area contributed by atoms with E-state index >= 15 is 0 Å². The highest BCUT2D eigenvalue weighted by Crippen LogP contribution is 2.55. The van der Waals surface area contributed by atoms with E-state index in [9.17, 15) is 20.1 Å². The second-order valence-corrected chi connectivity index (χ2v) is 12.0. The van der Waals surface area contributed by atoms with Gasteiger partial charge in [0.25, 0.3) is 0 Å². The zero-order valence-electron chi connectivity index (χ0n) is 23.2. The van der Waals surface area contributed by atoms with Gasteiger partial charge >= 0.3 is 0 Å². The Morgan fingerprint density at radius 3 is 2.31 bits per heavy atom. The Morgan fingerprint density at radius 2 is 1.74 bits per heavy atom. The zero-order valence-corrected chi connectivity index (χ0v) is 23.2. The fourth-order valence-corrected chi connectivity index (χ4v) is 6.00. The lowest BCUT2D eigenvalue weighted by Gasteiger charge is -2.53. The topological polar surface area (TPSA) is 90.3 Å². The molecule has 1 aliphatic carbocycles. The molecule has 0 amide bonds. The molecule has 5 atom stereocenters. The van der Waals surface area contributed by atoms with Crippen LogP contribution in [0.15, 0.2) is 34.4 Å². The number of aldehydes is 1. The molecule has 0 aromatic carbocycles. The van der Waals surface area contributed by atoms with Gasteiger partial charge in [-0.2, -0.15) is 0 Å². The first-order valence-corrected chi connectivity index (χ1v) is 13.4. The largest absolute Gasteiger partial charge is 0.396 e. The molecule has 0 spiro atoms. The number of aliphatic hydroxyl groups excluding tert-OH is 2. The van der Waals surface area contributed by atoms with Crippen molar-refractivity contribution in [1.82, 2.24) is 0 Å². The molecule has 1 aliphatic heterocycles. The van der Waals surface area contributed by atoms with Gasteiger partial charge in [-0.1, -0.05) is 35.8 Å². The van der Waals surface area contributed by atoms with Crippen molar-refractivity contribution in [2.45, 2.75) is 130 Å². The van der Waals surface area contributed by atoms with E-state index in [0.717, 1.165) is 56.0 Å². The van der Waals surface area contributed by atoms with Crippen molar-refractivity contribution in [3.63, 3.8) is 0 Å². The van der Waals surface area contributed by atoms with Crippen LogP contribution in [0.5, 0.6) is 0 Å². The highest BCUT2D eigenvalue weighted by atomic mass is 16.6. The summed E-state index contributed by atoms with van der Waals surface area (Å²) in [6.45, 7) is 14.4. The first-order valence-electron chi connectivity index (χ1n) is 13.4. The van der Waals surface area contributed by atoms with E-state index in [4.69, 9.17) is 4.74 Å². The van der Waals surface area contributed by atoms with Crippen molar-refractivity contribution in [2.24, 2.45) is 11.3 Å². The molecule has 3 N–H and O–H groups in total. The van der Waals surface area contributed by atoms with Crippen LogP contribution >= 0.6 is 0 Å². The van der Waals surface area contributed by atoms with Gasteiger partial charge in [0.15, 0.2) is 0 Å². The smallest absolute Gasteiger partial charge is 0.145 e. The Kier molecular flexibility index (Phi) is 10.5. The van der Waals surface area contributed by atoms with Crippen molar-refractivity contribution in [1.29, 1.82) is 0 Å². The summed E-state index contributed by atoms with van der Waals surface area (Å²) in [6, 6.07) is 0. The second-order valence-electron chi connectivity index (χ2n) is 12.0. The first kappa shape index (κ1) is 30.0. The third-order valence-corrected chi connectivity index (χ3v) is 8.76. The quantitative estimate of drug-likeness (QED) is 0.131. The van der Waals surface area contributed by atoms with Crippen molar-refractivity contribution < 1.29 is 24.9 Å². The second kappa shape index (κ2) is 12.3. The van der Waals surface area contributed by atoms with Crippen LogP contribution in [0.2, 0.25) is 0 Å². The lowest BCUT2D eigenvalue weighted by atomic mass is 9.54. The molecule has 1 heterocycles. The summed E-state index contributed by atoms with van der Waals surface area (Å²) in [5, 5.41) is 31.2. The van der Waals surface area contributed by atoms with E-state index in [2.05, 4.69) is 32.9 Å². The highest BCUT2D eigenvalue weighted by molar-refractivity contribution is 5.74. The monoisotopic (exact) mass is 490 g/mol. The summed E-state index contributed by atoms with van der Waals surface area (Å²) in [6.07, 6.45) is 12.1. The maximum Gasteiger partial charge on any atom is 0.145 e. The van der Waals surface area contributed by atoms with E-state index in [1.165, 1.54) is 11.1 Å². The van der Waals surface area contributed by atoms with Gasteiger partial charge in [-0.3, -0.25) is 4.79 Å². The summed E-state index contributed by atoms with van der Waals surface area (Å²) < 4.78 is 5.55. The zero-order chi connectivity index (χ0) is 26.4. The molecular formula is C30H50O5. The Balaban J connectivity index is 1.98. The molecule has 2 aliphatic rings. The molecule has 0 bridgehead atoms. The minimum atomic E-state index is -0.817. The molecule has 35 heavy (non-hydrogen) atoms. The van der Waals surface area contributed by atoms with Crippen LogP contribution in [-0.4, -0.2) is 51.6 Å². The van der Waals surface area contributed by atoms with Gasteiger partial charge in [0.05, 0.1) is 17.3 Å². The fraction of sp³-hybridized carbons (Fsp3) is 0.767. The third kappa shape index (κ3) is 7.61. The molecule has 5 heteroatoms. The van der Waals surface area contributed by atoms with Crippen molar-refractivity contribution in [2.75, 3.05) is 6.61 Å². The van der Waals surface area contributed by atoms with Crippen molar-refractivity contribution in [3.8, 4) is 0 Å². The van der Waals surface area contributed by atoms with Crippen LogP contribution in [-0.2, 0) is 9.53 Å². The number of rotatable bonds is 13. The summed E-state index contributed by atoms with van der Waals surface area (Å²) in [7, 11) is 0. The summed E-state index contributed by atoms with van der Waals surface area (Å²) >= 11 is 0. The van der Waals surface area contributed by atoms with E-state index in [1.54, 1.807) is 0 Å². The van der Waals surface area contributed by atoms with Gasteiger partial charge in [0, 0.05) is 12.0 Å². The molecule has 0 aromatic rings. The molecule has 2 unspecified atom stereocenters. The van der Waals surface area contributed by atoms with Crippen LogP contribution < -0.4 is 0 Å². The molecule has 1 saturated heterocycles. The number of carbonyl (C=O) groups is 1. The van der Waals surface area contributed by atoms with Gasteiger partial charge in [-0.05, 0) is 111 Å². The predicted octanol–water partition coefficient (Wildman–Crippen LogP) is 5.82. The number of hydrogen-bond donors (Lipinski definition) is 3. The van der Waals surface area contributed by atoms with Gasteiger partial charge < -0.3 is 20.1 Å². The predicted molar refractivity (Wildman–Crippen MR) is 142 cm³/mol. The lowest BCUT2D eigenvalue weighted by molar-refractivity contribution is -0.115. The van der Waals surface area contributed by atoms with Crippen LogP contribution in [0.3, 0.4) is 0 Å². The fourth-order valence-electron chi connectivity index (χ4n) is 6.00. The molecule has 2 fully saturated rings. The summed E-state index contributed by atoms with van der Waals surface area (Å²) in [5.41, 5.74) is 3.09. The maximum atomic E-state index is 11.6. The van der Waals surface area contributed by atoms with Crippen LogP contribution in [0.4, 0.5) is 0 Å². The maximum absolute atomic E-state index is 11.6. The normalized spacial score (nSPS) is 33.4. The highest BCUT2D eigenvalue weighted by Gasteiger charge is 2.52. The van der Waals surface area contributed by atoms with Gasteiger partial charge in [-0.15, -0.1) is 0 Å². The van der Waals surface area contributed by atoms with E-state index < -0.39 is 11.7 Å². The molecule has 200 valence electrons. The first-order chi connectivity index (χ1) is 16.3. The SMILES string of the molecule is C/C(C=O)=C1\CC[C@](C)(O)[C@@](C)(CC/C=C(\C)CC/C=C(\C)CC(O)C2OC2(C)C)[C@@H]1CCCO. The van der Waals surface area contributed by atoms with Gasteiger partial charge in [0.1, 0.15) is 12.4 Å². The summed E-state index contributed by atoms with van der Waals surface area (Å²) in [5.74, 6) is 0.0924. The average Bonchev–Trinajstić information content (AvgIpc) is 3.42. The molecule has 0 aromatic heterocycles. The summed E-state index contributed by atoms with van der Waals surface area (Å²) in [4.78, 5) is 11.6. The number of hydrogen-bond acceptors (Lipinski definition) is 5. The minimum Gasteiger partial charge on any atom is -0.396 e. The molecular weight excluding hydrogens is 440 g/mol. The van der Waals surface area contributed by atoms with Crippen LogP contribution in [0.1, 0.15) is 106 Å². The lowest BCUT2D eigenvalue weighted by Crippen LogP contribution is -2.52. The third-order valence-electron chi connectivity index (χ3n) is 8.76. The standard InChI is InChI=1S/C30H50O5/c1-21(11-8-12-22(2)19-26(33)27-28(4,5)35-27)13-9-16-29(6)25(14-10-18-31)24(23(3)20-32)15-17-30(29,7)34/h12-13,20,25-27,31,33-34H,8-11,14-19H2,1-7H3/b21-13+,22-12+,24-23-/t25-,26?,27?,29+,30+/m1/s1. The Morgan fingerprint density at radius 1 is 1.11 bits per heavy atom.